The number of fused-ring (bicyclic) bond motifs is 2. The molecule has 2 heterocycles. The van der Waals surface area contributed by atoms with Gasteiger partial charge >= 0.3 is 0 Å². The van der Waals surface area contributed by atoms with Crippen molar-refractivity contribution in [2.45, 2.75) is 22.3 Å². The van der Waals surface area contributed by atoms with Gasteiger partial charge in [0.1, 0.15) is 13.2 Å². The van der Waals surface area contributed by atoms with Gasteiger partial charge in [-0.25, -0.2) is 8.42 Å². The second kappa shape index (κ2) is 8.99. The summed E-state index contributed by atoms with van der Waals surface area (Å²) in [4.78, 5) is 14.2. The van der Waals surface area contributed by atoms with Crippen LogP contribution < -0.4 is 19.5 Å². The van der Waals surface area contributed by atoms with Gasteiger partial charge in [0.2, 0.25) is 0 Å². The number of anilines is 1. The molecule has 170 valence electrons. The Hall–Kier alpha value is -3.17. The first kappa shape index (κ1) is 21.7. The molecule has 1 unspecified atom stereocenters. The molecule has 0 aromatic heterocycles. The largest absolute Gasteiger partial charge is 0.486 e. The number of carbonyl (C=O) groups excluding carboxylic acids is 1. The molecule has 0 fully saturated rings. The van der Waals surface area contributed by atoms with Crippen LogP contribution in [-0.2, 0) is 10.0 Å². The van der Waals surface area contributed by atoms with Gasteiger partial charge in [-0.15, -0.1) is 11.8 Å². The Labute approximate surface area is 196 Å². The van der Waals surface area contributed by atoms with Gasteiger partial charge in [-0.3, -0.25) is 9.52 Å². The van der Waals surface area contributed by atoms with Crippen molar-refractivity contribution in [3.8, 4) is 11.5 Å². The van der Waals surface area contributed by atoms with E-state index in [1.807, 2.05) is 18.2 Å². The van der Waals surface area contributed by atoms with Crippen molar-refractivity contribution in [2.24, 2.45) is 0 Å². The Balaban J connectivity index is 1.33. The van der Waals surface area contributed by atoms with E-state index in [-0.39, 0.29) is 16.8 Å². The van der Waals surface area contributed by atoms with Crippen LogP contribution in [0.5, 0.6) is 11.5 Å². The summed E-state index contributed by atoms with van der Waals surface area (Å²) in [6.07, 6.45) is 0.837. The predicted molar refractivity (Wildman–Crippen MR) is 127 cm³/mol. The van der Waals surface area contributed by atoms with E-state index in [4.69, 9.17) is 9.47 Å². The average molecular weight is 483 g/mol. The number of amides is 1. The van der Waals surface area contributed by atoms with E-state index in [1.165, 1.54) is 23.1 Å². The summed E-state index contributed by atoms with van der Waals surface area (Å²) < 4.78 is 39.3. The van der Waals surface area contributed by atoms with Gasteiger partial charge in [0.25, 0.3) is 15.9 Å². The average Bonchev–Trinajstić information content (AvgIpc) is 2.84. The maximum absolute atomic E-state index is 12.9. The molecular formula is C24H22N2O5S2. The fourth-order valence-corrected chi connectivity index (χ4v) is 6.05. The Bertz CT molecular complexity index is 1310. The van der Waals surface area contributed by atoms with Crippen molar-refractivity contribution in [3.05, 3.63) is 77.9 Å². The van der Waals surface area contributed by atoms with Crippen LogP contribution in [0.15, 0.2) is 76.5 Å². The highest BCUT2D eigenvalue weighted by Crippen LogP contribution is 2.36. The number of hydrogen-bond acceptors (Lipinski definition) is 6. The molecule has 0 radical (unpaired) electrons. The quantitative estimate of drug-likeness (QED) is 0.565. The van der Waals surface area contributed by atoms with Gasteiger partial charge < -0.3 is 14.8 Å². The van der Waals surface area contributed by atoms with Crippen molar-refractivity contribution in [1.82, 2.24) is 5.32 Å². The van der Waals surface area contributed by atoms with Gasteiger partial charge in [0.05, 0.1) is 10.9 Å². The molecule has 7 nitrogen and oxygen atoms in total. The third kappa shape index (κ3) is 4.65. The van der Waals surface area contributed by atoms with Gasteiger partial charge in [0.15, 0.2) is 11.5 Å². The smallest absolute Gasteiger partial charge is 0.262 e. The van der Waals surface area contributed by atoms with Crippen LogP contribution in [0.4, 0.5) is 5.69 Å². The van der Waals surface area contributed by atoms with Crippen LogP contribution in [0.25, 0.3) is 0 Å². The summed E-state index contributed by atoms with van der Waals surface area (Å²) >= 11 is 1.79. The molecule has 2 aliphatic rings. The van der Waals surface area contributed by atoms with Crippen LogP contribution in [0.3, 0.4) is 0 Å². The zero-order valence-electron chi connectivity index (χ0n) is 17.6. The third-order valence-corrected chi connectivity index (χ3v) is 7.97. The van der Waals surface area contributed by atoms with Gasteiger partial charge in [-0.1, -0.05) is 24.3 Å². The number of sulfonamides is 1. The summed E-state index contributed by atoms with van der Waals surface area (Å²) in [6.45, 7) is 0.794. The Morgan fingerprint density at radius 2 is 1.76 bits per heavy atom. The lowest BCUT2D eigenvalue weighted by Gasteiger charge is -2.26. The molecule has 5 rings (SSSR count). The van der Waals surface area contributed by atoms with Crippen LogP contribution in [0, 0.1) is 0 Å². The predicted octanol–water partition coefficient (Wildman–Crippen LogP) is 4.23. The highest BCUT2D eigenvalue weighted by Gasteiger charge is 2.23. The second-order valence-electron chi connectivity index (χ2n) is 7.69. The summed E-state index contributed by atoms with van der Waals surface area (Å²) in [7, 11) is -3.88. The topological polar surface area (TPSA) is 93.7 Å². The van der Waals surface area contributed by atoms with Crippen molar-refractivity contribution in [3.63, 3.8) is 0 Å². The Morgan fingerprint density at radius 3 is 2.64 bits per heavy atom. The van der Waals surface area contributed by atoms with E-state index < -0.39 is 10.0 Å². The minimum atomic E-state index is -3.88. The number of hydrogen-bond donors (Lipinski definition) is 2. The van der Waals surface area contributed by atoms with E-state index in [2.05, 4.69) is 16.1 Å². The van der Waals surface area contributed by atoms with Gasteiger partial charge in [-0.05, 0) is 48.4 Å². The van der Waals surface area contributed by atoms with Crippen LogP contribution in [0.2, 0.25) is 0 Å². The highest BCUT2D eigenvalue weighted by atomic mass is 32.2. The van der Waals surface area contributed by atoms with E-state index >= 15 is 0 Å². The van der Waals surface area contributed by atoms with E-state index in [1.54, 1.807) is 36.0 Å². The highest BCUT2D eigenvalue weighted by molar-refractivity contribution is 7.99. The summed E-state index contributed by atoms with van der Waals surface area (Å²) in [5.41, 5.74) is 1.79. The lowest BCUT2D eigenvalue weighted by Crippen LogP contribution is -2.30. The first-order valence-corrected chi connectivity index (χ1v) is 13.0. The zero-order valence-corrected chi connectivity index (χ0v) is 19.2. The maximum Gasteiger partial charge on any atom is 0.262 e. The number of rotatable bonds is 5. The Morgan fingerprint density at radius 1 is 0.939 bits per heavy atom. The first-order valence-electron chi connectivity index (χ1n) is 10.5. The maximum atomic E-state index is 12.9. The number of nitrogens with one attached hydrogen (secondary N) is 2. The molecule has 3 aromatic rings. The van der Waals surface area contributed by atoms with Crippen LogP contribution in [-0.4, -0.2) is 33.3 Å². The summed E-state index contributed by atoms with van der Waals surface area (Å²) in [5, 5.41) is 3.09. The lowest BCUT2D eigenvalue weighted by atomic mass is 10.0. The van der Waals surface area contributed by atoms with Crippen molar-refractivity contribution < 1.29 is 22.7 Å². The van der Waals surface area contributed by atoms with Gasteiger partial charge in [0, 0.05) is 28.0 Å². The second-order valence-corrected chi connectivity index (χ2v) is 10.5. The molecule has 0 saturated heterocycles. The molecule has 0 saturated carbocycles. The number of benzene rings is 3. The van der Waals surface area contributed by atoms with E-state index in [9.17, 15) is 13.2 Å². The minimum absolute atomic E-state index is 0.0536. The van der Waals surface area contributed by atoms with Crippen molar-refractivity contribution >= 4 is 33.4 Å². The Kier molecular flexibility index (Phi) is 5.90. The SMILES string of the molecule is O=C(NC1CCSc2ccccc21)c1cccc(NS(=O)(=O)c2ccc3c(c2)OCCO3)c1. The molecule has 33 heavy (non-hydrogen) atoms. The van der Waals surface area contributed by atoms with Crippen molar-refractivity contribution in [1.29, 1.82) is 0 Å². The monoisotopic (exact) mass is 482 g/mol. The third-order valence-electron chi connectivity index (χ3n) is 5.46. The molecule has 0 spiro atoms. The number of ether oxygens (including phenoxy) is 2. The summed E-state index contributed by atoms with van der Waals surface area (Å²) in [5.74, 6) is 1.59. The van der Waals surface area contributed by atoms with E-state index in [0.717, 1.165) is 17.7 Å². The van der Waals surface area contributed by atoms with Gasteiger partial charge in [-0.2, -0.15) is 0 Å². The molecule has 0 bridgehead atoms. The molecule has 2 N–H and O–H groups in total. The molecule has 1 amide bonds. The van der Waals surface area contributed by atoms with Crippen LogP contribution >= 0.6 is 11.8 Å². The minimum Gasteiger partial charge on any atom is -0.486 e. The lowest BCUT2D eigenvalue weighted by molar-refractivity contribution is 0.0935. The molecule has 0 aliphatic carbocycles. The fourth-order valence-electron chi connectivity index (χ4n) is 3.86. The molecular weight excluding hydrogens is 460 g/mol. The molecule has 9 heteroatoms. The number of carbonyl (C=O) groups is 1. The molecule has 2 aliphatic heterocycles. The fraction of sp³-hybridized carbons (Fsp3) is 0.208. The van der Waals surface area contributed by atoms with Crippen molar-refractivity contribution in [2.75, 3.05) is 23.7 Å². The van der Waals surface area contributed by atoms with Crippen LogP contribution in [0.1, 0.15) is 28.4 Å². The number of thioether (sulfide) groups is 1. The standard InChI is InChI=1S/C24H22N2O5S2/c27-24(25-20-10-13-32-23-7-2-1-6-19(20)23)16-4-3-5-17(14-16)26-33(28,29)18-8-9-21-22(15-18)31-12-11-30-21/h1-9,14-15,20,26H,10-13H2,(H,25,27). The molecule has 3 aromatic carbocycles. The summed E-state index contributed by atoms with van der Waals surface area (Å²) in [6, 6.07) is 18.9. The van der Waals surface area contributed by atoms with E-state index in [0.29, 0.717) is 36.0 Å². The normalized spacial score (nSPS) is 17.0. The first-order chi connectivity index (χ1) is 16.0. The zero-order chi connectivity index (χ0) is 22.8. The molecule has 1 atom stereocenters.